The number of H-pyrrole nitrogens is 1. The van der Waals surface area contributed by atoms with E-state index >= 15 is 0 Å². The van der Waals surface area contributed by atoms with E-state index in [9.17, 15) is 31.9 Å². The Bertz CT molecular complexity index is 1140. The molecule has 1 aromatic carbocycles. The number of nitrogens with one attached hydrogen (secondary N) is 1. The van der Waals surface area contributed by atoms with Crippen LogP contribution >= 0.6 is 0 Å². The molecule has 34 heavy (non-hydrogen) atoms. The van der Waals surface area contributed by atoms with E-state index in [4.69, 9.17) is 4.74 Å². The van der Waals surface area contributed by atoms with Gasteiger partial charge in [-0.3, -0.25) is 14.4 Å². The Morgan fingerprint density at radius 3 is 2.68 bits per heavy atom. The van der Waals surface area contributed by atoms with Crippen LogP contribution in [0, 0.1) is 5.82 Å². The summed E-state index contributed by atoms with van der Waals surface area (Å²) < 4.78 is 58.9. The lowest BCUT2D eigenvalue weighted by molar-refractivity contribution is -0.141. The van der Waals surface area contributed by atoms with Gasteiger partial charge in [-0.15, -0.1) is 0 Å². The van der Waals surface area contributed by atoms with E-state index in [1.807, 2.05) is 0 Å². The van der Waals surface area contributed by atoms with E-state index in [0.717, 1.165) is 18.9 Å². The van der Waals surface area contributed by atoms with Crippen molar-refractivity contribution in [2.75, 3.05) is 32.8 Å². The van der Waals surface area contributed by atoms with Crippen LogP contribution in [0.1, 0.15) is 40.0 Å². The molecule has 3 heterocycles. The number of alkyl halides is 3. The number of aromatic nitrogens is 2. The summed E-state index contributed by atoms with van der Waals surface area (Å²) >= 11 is 0. The van der Waals surface area contributed by atoms with Gasteiger partial charge < -0.3 is 14.5 Å². The van der Waals surface area contributed by atoms with Crippen LogP contribution in [0.5, 0.6) is 0 Å². The van der Waals surface area contributed by atoms with Crippen LogP contribution in [0.15, 0.2) is 29.1 Å². The molecule has 2 amide bonds. The minimum absolute atomic E-state index is 0.0371. The van der Waals surface area contributed by atoms with Crippen molar-refractivity contribution < 1.29 is 31.9 Å². The number of piperazine rings is 1. The summed E-state index contributed by atoms with van der Waals surface area (Å²) in [5, 5.41) is 5.42. The van der Waals surface area contributed by atoms with E-state index in [-0.39, 0.29) is 42.7 Å². The number of carbonyl (C=O) groups excluding carboxylic acids is 2. The van der Waals surface area contributed by atoms with E-state index in [2.05, 4.69) is 5.10 Å². The summed E-state index contributed by atoms with van der Waals surface area (Å²) in [6.45, 7) is 1.44. The third kappa shape index (κ3) is 5.11. The number of aromatic amines is 1. The van der Waals surface area contributed by atoms with Gasteiger partial charge in [-0.2, -0.15) is 18.3 Å². The van der Waals surface area contributed by atoms with Crippen molar-refractivity contribution >= 4 is 11.8 Å². The smallest absolute Gasteiger partial charge is 0.379 e. The van der Waals surface area contributed by atoms with Gasteiger partial charge in [0.2, 0.25) is 5.91 Å². The van der Waals surface area contributed by atoms with E-state index < -0.39 is 29.0 Å². The normalized spacial score (nSPS) is 19.4. The molecular formula is C22H22F4N4O4. The third-order valence-electron chi connectivity index (χ3n) is 5.93. The van der Waals surface area contributed by atoms with Crippen molar-refractivity contribution in [3.8, 4) is 0 Å². The fourth-order valence-corrected chi connectivity index (χ4v) is 4.19. The van der Waals surface area contributed by atoms with Crippen molar-refractivity contribution in [1.82, 2.24) is 20.0 Å². The fourth-order valence-electron chi connectivity index (χ4n) is 4.19. The van der Waals surface area contributed by atoms with Crippen molar-refractivity contribution in [2.24, 2.45) is 0 Å². The van der Waals surface area contributed by atoms with Crippen molar-refractivity contribution in [3.05, 3.63) is 62.8 Å². The Morgan fingerprint density at radius 1 is 1.21 bits per heavy atom. The molecule has 1 N–H and O–H groups in total. The Hall–Kier alpha value is -3.28. The zero-order chi connectivity index (χ0) is 24.5. The number of hydrogen-bond acceptors (Lipinski definition) is 5. The molecule has 4 rings (SSSR count). The Morgan fingerprint density at radius 2 is 2.00 bits per heavy atom. The molecule has 182 valence electrons. The SMILES string of the molecule is O=C(c1cc(Cc2cc(C(F)(F)F)c(=O)[nH]n2)ccc1F)N1CCN([C@H]2CCCOC2)C(=O)C1. The maximum atomic E-state index is 14.5. The summed E-state index contributed by atoms with van der Waals surface area (Å²) in [7, 11) is 0. The number of hydrogen-bond donors (Lipinski definition) is 1. The van der Waals surface area contributed by atoms with Crippen molar-refractivity contribution in [3.63, 3.8) is 0 Å². The van der Waals surface area contributed by atoms with Gasteiger partial charge in [-0.1, -0.05) is 6.07 Å². The highest BCUT2D eigenvalue weighted by Crippen LogP contribution is 2.27. The van der Waals surface area contributed by atoms with E-state index in [0.29, 0.717) is 31.4 Å². The topological polar surface area (TPSA) is 95.6 Å². The molecule has 0 aliphatic carbocycles. The average molecular weight is 482 g/mol. The first-order chi connectivity index (χ1) is 16.1. The van der Waals surface area contributed by atoms with Crippen molar-refractivity contribution in [1.29, 1.82) is 0 Å². The minimum Gasteiger partial charge on any atom is -0.379 e. The second-order valence-corrected chi connectivity index (χ2v) is 8.28. The third-order valence-corrected chi connectivity index (χ3v) is 5.93. The largest absolute Gasteiger partial charge is 0.421 e. The zero-order valence-electron chi connectivity index (χ0n) is 18.0. The number of carbonyl (C=O) groups is 2. The highest BCUT2D eigenvalue weighted by molar-refractivity contribution is 5.97. The van der Waals surface area contributed by atoms with Gasteiger partial charge in [-0.25, -0.2) is 9.49 Å². The number of benzene rings is 1. The molecule has 8 nitrogen and oxygen atoms in total. The highest BCUT2D eigenvalue weighted by Gasteiger charge is 2.35. The summed E-state index contributed by atoms with van der Waals surface area (Å²) in [5.74, 6) is -1.74. The zero-order valence-corrected chi connectivity index (χ0v) is 18.0. The predicted molar refractivity (Wildman–Crippen MR) is 111 cm³/mol. The molecular weight excluding hydrogens is 460 g/mol. The van der Waals surface area contributed by atoms with E-state index in [1.54, 1.807) is 10.00 Å². The second kappa shape index (κ2) is 9.53. The minimum atomic E-state index is -4.85. The number of amides is 2. The first-order valence-electron chi connectivity index (χ1n) is 10.7. The maximum absolute atomic E-state index is 14.5. The second-order valence-electron chi connectivity index (χ2n) is 8.28. The molecule has 2 aromatic rings. The highest BCUT2D eigenvalue weighted by atomic mass is 19.4. The molecule has 12 heteroatoms. The van der Waals surface area contributed by atoms with Gasteiger partial charge in [-0.05, 0) is 36.6 Å². The summed E-state index contributed by atoms with van der Waals surface area (Å²) in [5.41, 5.74) is -2.83. The van der Waals surface area contributed by atoms with Crippen molar-refractivity contribution in [2.45, 2.75) is 31.5 Å². The van der Waals surface area contributed by atoms with Crippen LogP contribution in [0.4, 0.5) is 17.6 Å². The maximum Gasteiger partial charge on any atom is 0.421 e. The molecule has 2 saturated heterocycles. The van der Waals surface area contributed by atoms with Crippen LogP contribution in [-0.2, 0) is 22.1 Å². The van der Waals surface area contributed by atoms with Crippen LogP contribution in [0.25, 0.3) is 0 Å². The van der Waals surface area contributed by atoms with Gasteiger partial charge in [0.05, 0.1) is 23.9 Å². The molecule has 0 spiro atoms. The number of halogens is 4. The number of nitrogens with zero attached hydrogens (tertiary/aromatic N) is 3. The Kier molecular flexibility index (Phi) is 6.69. The average Bonchev–Trinajstić information content (AvgIpc) is 2.81. The lowest BCUT2D eigenvalue weighted by Crippen LogP contribution is -2.57. The molecule has 0 bridgehead atoms. The Balaban J connectivity index is 1.49. The molecule has 0 radical (unpaired) electrons. The summed E-state index contributed by atoms with van der Waals surface area (Å²) in [6, 6.07) is 4.17. The Labute approximate surface area is 191 Å². The molecule has 1 atom stereocenters. The number of ether oxygens (including phenoxy) is 1. The van der Waals surface area contributed by atoms with Gasteiger partial charge >= 0.3 is 6.18 Å². The first kappa shape index (κ1) is 23.9. The summed E-state index contributed by atoms with van der Waals surface area (Å²) in [4.78, 5) is 39.9. The first-order valence-corrected chi connectivity index (χ1v) is 10.7. The quantitative estimate of drug-likeness (QED) is 0.673. The lowest BCUT2D eigenvalue weighted by atomic mass is 10.0. The summed E-state index contributed by atoms with van der Waals surface area (Å²) in [6.07, 6.45) is -3.35. The lowest BCUT2D eigenvalue weighted by Gasteiger charge is -2.40. The van der Waals surface area contributed by atoms with Crippen LogP contribution in [0.2, 0.25) is 0 Å². The van der Waals surface area contributed by atoms with Gasteiger partial charge in [0, 0.05) is 26.1 Å². The van der Waals surface area contributed by atoms with Gasteiger partial charge in [0.1, 0.15) is 17.9 Å². The molecule has 0 saturated carbocycles. The van der Waals surface area contributed by atoms with Gasteiger partial charge in [0.25, 0.3) is 11.5 Å². The van der Waals surface area contributed by atoms with Crippen LogP contribution in [-0.4, -0.2) is 70.7 Å². The molecule has 0 unspecified atom stereocenters. The van der Waals surface area contributed by atoms with E-state index in [1.165, 1.54) is 17.0 Å². The predicted octanol–water partition coefficient (Wildman–Crippen LogP) is 1.98. The monoisotopic (exact) mass is 482 g/mol. The molecule has 2 fully saturated rings. The fraction of sp³-hybridized carbons (Fsp3) is 0.455. The number of rotatable bonds is 4. The standard InChI is InChI=1S/C22H22F4N4O4/c23-18-4-3-13(8-14-10-17(22(24,25)26)20(32)28-27-14)9-16(18)21(33)29-5-6-30(19(31)11-29)15-2-1-7-34-12-15/h3-4,9-10,15H,1-2,5-8,11-12H2,(H,28,32)/t15-/m0/s1. The molecule has 1 aromatic heterocycles. The van der Waals surface area contributed by atoms with Crippen LogP contribution in [0.3, 0.4) is 0 Å². The molecule has 2 aliphatic rings. The van der Waals surface area contributed by atoms with Gasteiger partial charge in [0.15, 0.2) is 0 Å². The molecule has 2 aliphatic heterocycles. The van der Waals surface area contributed by atoms with Crippen LogP contribution < -0.4 is 5.56 Å².